The van der Waals surface area contributed by atoms with E-state index < -0.39 is 41.4 Å². The van der Waals surface area contributed by atoms with Crippen LogP contribution >= 0.6 is 0 Å². The molecule has 46 heavy (non-hydrogen) atoms. The summed E-state index contributed by atoms with van der Waals surface area (Å²) < 4.78 is 0. The first kappa shape index (κ1) is 37.2. The van der Waals surface area contributed by atoms with Gasteiger partial charge in [-0.05, 0) is 48.9 Å². The number of ketones is 4. The van der Waals surface area contributed by atoms with Crippen molar-refractivity contribution in [2.45, 2.75) is 118 Å². The van der Waals surface area contributed by atoms with Gasteiger partial charge in [0.25, 0.3) is 0 Å². The summed E-state index contributed by atoms with van der Waals surface area (Å²) in [7, 11) is 0. The van der Waals surface area contributed by atoms with Crippen molar-refractivity contribution >= 4 is 34.9 Å². The molecule has 0 aromatic carbocycles. The third-order valence-corrected chi connectivity index (χ3v) is 10.1. The van der Waals surface area contributed by atoms with Crippen LogP contribution in [0.3, 0.4) is 0 Å². The predicted octanol–water partition coefficient (Wildman–Crippen LogP) is 5.04. The van der Waals surface area contributed by atoms with Crippen LogP contribution in [0.15, 0.2) is 18.6 Å². The van der Waals surface area contributed by atoms with Gasteiger partial charge in [0, 0.05) is 50.0 Å². The number of carbonyl (C=O) groups is 6. The summed E-state index contributed by atoms with van der Waals surface area (Å²) in [5, 5.41) is 2.95. The summed E-state index contributed by atoms with van der Waals surface area (Å²) in [5.41, 5.74) is 0.184. The number of aromatic nitrogens is 2. The largest absolute Gasteiger partial charge is 0.344 e. The molecule has 10 nitrogen and oxygen atoms in total. The number of hydrogen-bond acceptors (Lipinski definition) is 8. The lowest BCUT2D eigenvalue weighted by molar-refractivity contribution is -0.145. The minimum Gasteiger partial charge on any atom is -0.344 e. The normalized spacial score (nSPS) is 21.8. The quantitative estimate of drug-likeness (QED) is 0.174. The highest BCUT2D eigenvalue weighted by Gasteiger charge is 2.51. The number of hydrogen-bond donors (Lipinski definition) is 1. The Morgan fingerprint density at radius 3 is 2.24 bits per heavy atom. The Morgan fingerprint density at radius 2 is 1.65 bits per heavy atom. The van der Waals surface area contributed by atoms with Crippen molar-refractivity contribution in [2.75, 3.05) is 6.54 Å². The zero-order valence-corrected chi connectivity index (χ0v) is 28.8. The molecule has 0 bridgehead atoms. The highest BCUT2D eigenvalue weighted by Crippen LogP contribution is 2.43. The van der Waals surface area contributed by atoms with Crippen LogP contribution in [0.1, 0.15) is 117 Å². The Labute approximate surface area is 274 Å². The van der Waals surface area contributed by atoms with E-state index in [1.165, 1.54) is 18.6 Å². The molecule has 0 spiro atoms. The Morgan fingerprint density at radius 1 is 0.935 bits per heavy atom. The van der Waals surface area contributed by atoms with Gasteiger partial charge in [-0.25, -0.2) is 4.98 Å². The van der Waals surface area contributed by atoms with Gasteiger partial charge in [0.2, 0.25) is 17.6 Å². The maximum Gasteiger partial charge on any atom is 0.246 e. The maximum atomic E-state index is 14.3. The van der Waals surface area contributed by atoms with Crippen LogP contribution in [0.5, 0.6) is 0 Å². The van der Waals surface area contributed by atoms with Crippen molar-refractivity contribution in [3.05, 3.63) is 24.3 Å². The maximum absolute atomic E-state index is 14.3. The fourth-order valence-corrected chi connectivity index (χ4v) is 7.10. The van der Waals surface area contributed by atoms with Gasteiger partial charge in [-0.15, -0.1) is 0 Å². The fourth-order valence-electron chi connectivity index (χ4n) is 7.10. The number of fused-ring (bicyclic) bond motifs is 1. The second kappa shape index (κ2) is 17.0. The zero-order valence-electron chi connectivity index (χ0n) is 28.8. The van der Waals surface area contributed by atoms with E-state index in [4.69, 9.17) is 0 Å². The molecule has 1 aliphatic carbocycles. The number of rotatable bonds is 18. The molecule has 1 saturated heterocycles. The van der Waals surface area contributed by atoms with E-state index in [1.54, 1.807) is 4.90 Å². The molecular weight excluding hydrogens is 584 g/mol. The average molecular weight is 639 g/mol. The Balaban J connectivity index is 1.80. The van der Waals surface area contributed by atoms with Crippen LogP contribution in [0, 0.1) is 41.4 Å². The van der Waals surface area contributed by atoms with E-state index in [9.17, 15) is 28.8 Å². The monoisotopic (exact) mass is 638 g/mol. The zero-order chi connectivity index (χ0) is 34.1. The molecule has 1 saturated carbocycles. The highest BCUT2D eigenvalue weighted by atomic mass is 16.2. The lowest BCUT2D eigenvalue weighted by atomic mass is 9.83. The number of amides is 2. The van der Waals surface area contributed by atoms with E-state index in [0.717, 1.165) is 25.7 Å². The van der Waals surface area contributed by atoms with Crippen LogP contribution < -0.4 is 5.32 Å². The summed E-state index contributed by atoms with van der Waals surface area (Å²) in [6, 6.07) is -1.58. The highest BCUT2D eigenvalue weighted by molar-refractivity contribution is 6.38. The molecule has 10 heteroatoms. The second-order valence-electron chi connectivity index (χ2n) is 14.3. The number of nitrogens with one attached hydrogen (secondary N) is 1. The Bertz CT molecular complexity index is 1250. The topological polar surface area (TPSA) is 143 Å². The predicted molar refractivity (Wildman–Crippen MR) is 175 cm³/mol. The molecule has 2 aliphatic rings. The fraction of sp³-hybridized carbons (Fsp3) is 0.722. The summed E-state index contributed by atoms with van der Waals surface area (Å²) in [6.45, 7) is 13.7. The van der Waals surface area contributed by atoms with Gasteiger partial charge in [0.05, 0.1) is 12.2 Å². The van der Waals surface area contributed by atoms with Crippen molar-refractivity contribution < 1.29 is 28.8 Å². The molecule has 2 fully saturated rings. The number of Topliss-reactive ketones (excluding diaryl/α,β-unsaturated/α-hetero) is 4. The summed E-state index contributed by atoms with van der Waals surface area (Å²) in [5.74, 6) is -3.62. The first-order valence-corrected chi connectivity index (χ1v) is 17.3. The molecular formula is C36H54N4O6. The Hall–Kier alpha value is -3.30. The van der Waals surface area contributed by atoms with E-state index in [-0.39, 0.29) is 72.0 Å². The van der Waals surface area contributed by atoms with Gasteiger partial charge in [-0.3, -0.25) is 33.8 Å². The van der Waals surface area contributed by atoms with E-state index in [0.29, 0.717) is 19.4 Å². The number of nitrogens with zero attached hydrogens (tertiary/aromatic N) is 3. The molecule has 7 atom stereocenters. The number of likely N-dealkylation sites (tertiary alicyclic amines) is 1. The van der Waals surface area contributed by atoms with Crippen LogP contribution in [0.4, 0.5) is 0 Å². The third-order valence-electron chi connectivity index (χ3n) is 10.1. The molecule has 1 unspecified atom stereocenters. The summed E-state index contributed by atoms with van der Waals surface area (Å²) in [6.07, 6.45) is 8.95. The van der Waals surface area contributed by atoms with E-state index in [2.05, 4.69) is 15.3 Å². The molecule has 1 aromatic rings. The average Bonchev–Trinajstić information content (AvgIpc) is 3.63. The lowest BCUT2D eigenvalue weighted by Gasteiger charge is -2.33. The van der Waals surface area contributed by atoms with Crippen molar-refractivity contribution in [1.82, 2.24) is 20.2 Å². The minimum atomic E-state index is -0.889. The summed E-state index contributed by atoms with van der Waals surface area (Å²) >= 11 is 0. The molecule has 1 N–H and O–H groups in total. The Kier molecular flexibility index (Phi) is 13.8. The van der Waals surface area contributed by atoms with Crippen molar-refractivity contribution in [1.29, 1.82) is 0 Å². The van der Waals surface area contributed by atoms with E-state index >= 15 is 0 Å². The SMILES string of the molecule is CCCC(CC(=O)[C@@H]1[C@H]2CCC[C@H]2CN1C(=O)[C@@H](NC(=O)[C@H](CC(=O)c1cnccn1)C(C)C)C(C)C)C(=O)C(=O)C[C@@H](C)CC. The van der Waals surface area contributed by atoms with Crippen molar-refractivity contribution in [2.24, 2.45) is 41.4 Å². The molecule has 1 aliphatic heterocycles. The van der Waals surface area contributed by atoms with Gasteiger partial charge >= 0.3 is 0 Å². The number of carbonyl (C=O) groups excluding carboxylic acids is 6. The first-order chi connectivity index (χ1) is 21.8. The molecule has 254 valence electrons. The first-order valence-electron chi connectivity index (χ1n) is 17.3. The van der Waals surface area contributed by atoms with Crippen LogP contribution in [0.25, 0.3) is 0 Å². The molecule has 2 amide bonds. The standard InChI is InChI=1S/C36H54N4O6/c1-8-11-24(34(44)31(43)16-23(7)9-2)17-30(42)33-26-13-10-12-25(26)20-40(33)36(46)32(22(5)6)39-35(45)27(21(3)4)18-29(41)28-19-37-14-15-38-28/h14-15,19,21-27,32-33H,8-13,16-18,20H2,1-7H3,(H,39,45)/t23-,24?,25-,26-,27+,32-,33-/m0/s1. The van der Waals surface area contributed by atoms with Crippen LogP contribution in [-0.2, 0) is 24.0 Å². The van der Waals surface area contributed by atoms with Gasteiger partial charge in [0.15, 0.2) is 17.3 Å². The molecule has 3 rings (SSSR count). The van der Waals surface area contributed by atoms with Crippen molar-refractivity contribution in [3.63, 3.8) is 0 Å². The van der Waals surface area contributed by atoms with Crippen LogP contribution in [-0.4, -0.2) is 68.4 Å². The lowest BCUT2D eigenvalue weighted by Crippen LogP contribution is -2.56. The third kappa shape index (κ3) is 9.16. The van der Waals surface area contributed by atoms with Gasteiger partial charge in [0.1, 0.15) is 11.7 Å². The minimum absolute atomic E-state index is 0.00109. The van der Waals surface area contributed by atoms with Gasteiger partial charge in [-0.1, -0.05) is 67.7 Å². The smallest absolute Gasteiger partial charge is 0.246 e. The molecule has 2 heterocycles. The summed E-state index contributed by atoms with van der Waals surface area (Å²) in [4.78, 5) is 90.6. The van der Waals surface area contributed by atoms with Gasteiger partial charge < -0.3 is 10.2 Å². The van der Waals surface area contributed by atoms with Crippen LogP contribution in [0.2, 0.25) is 0 Å². The van der Waals surface area contributed by atoms with E-state index in [1.807, 2.05) is 48.5 Å². The van der Waals surface area contributed by atoms with Gasteiger partial charge in [-0.2, -0.15) is 0 Å². The molecule has 0 radical (unpaired) electrons. The van der Waals surface area contributed by atoms with Crippen molar-refractivity contribution in [3.8, 4) is 0 Å². The second-order valence-corrected chi connectivity index (χ2v) is 14.3. The molecule has 1 aromatic heterocycles.